The summed E-state index contributed by atoms with van der Waals surface area (Å²) in [7, 11) is 0. The van der Waals surface area contributed by atoms with Gasteiger partial charge in [-0.1, -0.05) is 6.92 Å². The molecule has 0 saturated heterocycles. The van der Waals surface area contributed by atoms with E-state index in [0.29, 0.717) is 0 Å². The van der Waals surface area contributed by atoms with Crippen molar-refractivity contribution in [2.24, 2.45) is 0 Å². The number of hydrogen-bond acceptors (Lipinski definition) is 2. The van der Waals surface area contributed by atoms with Gasteiger partial charge in [-0.3, -0.25) is 0 Å². The van der Waals surface area contributed by atoms with Crippen molar-refractivity contribution in [3.8, 4) is 5.75 Å². The number of ether oxygens (including phenoxy) is 1. The van der Waals surface area contributed by atoms with E-state index in [4.69, 9.17) is 9.15 Å². The van der Waals surface area contributed by atoms with Crippen LogP contribution in [-0.4, -0.2) is 6.10 Å². The molecule has 2 nitrogen and oxygen atoms in total. The highest BCUT2D eigenvalue weighted by Crippen LogP contribution is 2.34. The van der Waals surface area contributed by atoms with Gasteiger partial charge in [0.05, 0.1) is 17.8 Å². The van der Waals surface area contributed by atoms with E-state index in [1.54, 1.807) is 6.26 Å². The van der Waals surface area contributed by atoms with Gasteiger partial charge in [0.2, 0.25) is 0 Å². The third-order valence-corrected chi connectivity index (χ3v) is 2.68. The number of hydrogen-bond donors (Lipinski definition) is 0. The van der Waals surface area contributed by atoms with E-state index in [9.17, 15) is 0 Å². The van der Waals surface area contributed by atoms with Gasteiger partial charge in [-0.05, 0) is 50.5 Å². The van der Waals surface area contributed by atoms with Crippen LogP contribution in [0.5, 0.6) is 5.75 Å². The molecule has 2 rings (SSSR count). The Balaban J connectivity index is 2.66. The molecule has 0 aliphatic rings. The second kappa shape index (κ2) is 4.20. The quantitative estimate of drug-likeness (QED) is 0.774. The summed E-state index contributed by atoms with van der Waals surface area (Å²) >= 11 is 0. The van der Waals surface area contributed by atoms with Gasteiger partial charge in [-0.25, -0.2) is 0 Å². The Morgan fingerprint density at radius 2 is 2.12 bits per heavy atom. The van der Waals surface area contributed by atoms with Crippen molar-refractivity contribution in [3.63, 3.8) is 0 Å². The van der Waals surface area contributed by atoms with Crippen LogP contribution in [0, 0.1) is 6.92 Å². The van der Waals surface area contributed by atoms with Crippen LogP contribution in [0.3, 0.4) is 0 Å². The summed E-state index contributed by atoms with van der Waals surface area (Å²) in [6, 6.07) is 4.14. The van der Waals surface area contributed by atoms with Gasteiger partial charge in [0.1, 0.15) is 11.3 Å². The van der Waals surface area contributed by atoms with E-state index in [0.717, 1.165) is 23.1 Å². The van der Waals surface area contributed by atoms with E-state index in [1.165, 1.54) is 11.1 Å². The average Bonchev–Trinajstić information content (AvgIpc) is 2.70. The molecule has 0 saturated carbocycles. The van der Waals surface area contributed by atoms with Gasteiger partial charge in [0, 0.05) is 0 Å². The zero-order chi connectivity index (χ0) is 11.7. The first kappa shape index (κ1) is 11.1. The fourth-order valence-corrected chi connectivity index (χ4v) is 2.00. The minimum atomic E-state index is 0.186. The van der Waals surface area contributed by atoms with Gasteiger partial charge >= 0.3 is 0 Å². The molecule has 0 unspecified atom stereocenters. The van der Waals surface area contributed by atoms with E-state index < -0.39 is 0 Å². The average molecular weight is 218 g/mol. The van der Waals surface area contributed by atoms with Crippen LogP contribution in [-0.2, 0) is 6.42 Å². The summed E-state index contributed by atoms with van der Waals surface area (Å²) in [4.78, 5) is 0. The summed E-state index contributed by atoms with van der Waals surface area (Å²) < 4.78 is 11.4. The minimum Gasteiger partial charge on any atom is -0.490 e. The first-order valence-electron chi connectivity index (χ1n) is 5.79. The van der Waals surface area contributed by atoms with E-state index >= 15 is 0 Å². The molecule has 16 heavy (non-hydrogen) atoms. The van der Waals surface area contributed by atoms with Crippen molar-refractivity contribution in [2.45, 2.75) is 40.2 Å². The van der Waals surface area contributed by atoms with Crippen LogP contribution >= 0.6 is 0 Å². The number of furan rings is 1. The second-order valence-corrected chi connectivity index (χ2v) is 4.37. The molecule has 86 valence electrons. The van der Waals surface area contributed by atoms with E-state index in [-0.39, 0.29) is 6.10 Å². The fourth-order valence-electron chi connectivity index (χ4n) is 2.00. The molecule has 0 bridgehead atoms. The molecule has 0 spiro atoms. The SMILES string of the molecule is CCc1cc(C)c2occc2c1OC(C)C. The lowest BCUT2D eigenvalue weighted by Crippen LogP contribution is -2.07. The van der Waals surface area contributed by atoms with Gasteiger partial charge in [-0.2, -0.15) is 0 Å². The smallest absolute Gasteiger partial charge is 0.140 e. The van der Waals surface area contributed by atoms with Crippen molar-refractivity contribution in [1.29, 1.82) is 0 Å². The summed E-state index contributed by atoms with van der Waals surface area (Å²) in [5, 5.41) is 1.09. The normalized spacial score (nSPS) is 11.3. The van der Waals surface area contributed by atoms with Crippen molar-refractivity contribution >= 4 is 11.0 Å². The Morgan fingerprint density at radius 1 is 1.38 bits per heavy atom. The molecule has 1 aromatic heterocycles. The lowest BCUT2D eigenvalue weighted by molar-refractivity contribution is 0.243. The Hall–Kier alpha value is -1.44. The third-order valence-electron chi connectivity index (χ3n) is 2.68. The minimum absolute atomic E-state index is 0.186. The summed E-state index contributed by atoms with van der Waals surface area (Å²) in [5.74, 6) is 0.979. The first-order valence-corrected chi connectivity index (χ1v) is 5.79. The van der Waals surface area contributed by atoms with E-state index in [1.807, 2.05) is 19.9 Å². The van der Waals surface area contributed by atoms with Crippen LogP contribution in [0.2, 0.25) is 0 Å². The predicted molar refractivity (Wildman–Crippen MR) is 66.1 cm³/mol. The van der Waals surface area contributed by atoms with Crippen LogP contribution in [0.25, 0.3) is 11.0 Å². The van der Waals surface area contributed by atoms with Crippen molar-refractivity contribution in [1.82, 2.24) is 0 Å². The lowest BCUT2D eigenvalue weighted by atomic mass is 10.0. The summed E-state index contributed by atoms with van der Waals surface area (Å²) in [6.07, 6.45) is 2.89. The molecular weight excluding hydrogens is 200 g/mol. The maximum absolute atomic E-state index is 5.90. The van der Waals surface area contributed by atoms with Crippen molar-refractivity contribution < 1.29 is 9.15 Å². The number of aryl methyl sites for hydroxylation is 2. The predicted octanol–water partition coefficient (Wildman–Crippen LogP) is 4.09. The number of fused-ring (bicyclic) bond motifs is 1. The molecule has 0 amide bonds. The fraction of sp³-hybridized carbons (Fsp3) is 0.429. The molecular formula is C14H18O2. The standard InChI is InChI=1S/C14H18O2/c1-5-11-8-10(4)13-12(6-7-15-13)14(11)16-9(2)3/h6-9H,5H2,1-4H3. The number of benzene rings is 1. The molecule has 2 heteroatoms. The molecule has 0 aliphatic carbocycles. The summed E-state index contributed by atoms with van der Waals surface area (Å²) in [5.41, 5.74) is 3.36. The molecule has 0 N–H and O–H groups in total. The maximum atomic E-state index is 5.90. The van der Waals surface area contributed by atoms with Gasteiger partial charge in [-0.15, -0.1) is 0 Å². The van der Waals surface area contributed by atoms with Gasteiger partial charge in [0.15, 0.2) is 0 Å². The van der Waals surface area contributed by atoms with Crippen LogP contribution in [0.1, 0.15) is 31.9 Å². The van der Waals surface area contributed by atoms with Gasteiger partial charge < -0.3 is 9.15 Å². The maximum Gasteiger partial charge on any atom is 0.140 e. The Kier molecular flexibility index (Phi) is 2.90. The molecule has 1 heterocycles. The second-order valence-electron chi connectivity index (χ2n) is 4.37. The number of rotatable bonds is 3. The van der Waals surface area contributed by atoms with Crippen LogP contribution < -0.4 is 4.74 Å². The zero-order valence-electron chi connectivity index (χ0n) is 10.3. The van der Waals surface area contributed by atoms with Crippen molar-refractivity contribution in [3.05, 3.63) is 29.5 Å². The molecule has 0 fully saturated rings. The Labute approximate surface area is 96.2 Å². The molecule has 2 aromatic rings. The molecule has 1 aromatic carbocycles. The molecule has 0 atom stereocenters. The van der Waals surface area contributed by atoms with Crippen molar-refractivity contribution in [2.75, 3.05) is 0 Å². The van der Waals surface area contributed by atoms with E-state index in [2.05, 4.69) is 19.9 Å². The monoisotopic (exact) mass is 218 g/mol. The highest BCUT2D eigenvalue weighted by Gasteiger charge is 2.13. The first-order chi connectivity index (χ1) is 7.63. The third kappa shape index (κ3) is 1.80. The Morgan fingerprint density at radius 3 is 2.75 bits per heavy atom. The highest BCUT2D eigenvalue weighted by atomic mass is 16.5. The Bertz CT molecular complexity index is 495. The van der Waals surface area contributed by atoms with Crippen LogP contribution in [0.4, 0.5) is 0 Å². The molecule has 0 radical (unpaired) electrons. The zero-order valence-corrected chi connectivity index (χ0v) is 10.3. The van der Waals surface area contributed by atoms with Crippen LogP contribution in [0.15, 0.2) is 22.8 Å². The highest BCUT2D eigenvalue weighted by molar-refractivity contribution is 5.88. The van der Waals surface area contributed by atoms with Gasteiger partial charge in [0.25, 0.3) is 0 Å². The summed E-state index contributed by atoms with van der Waals surface area (Å²) in [6.45, 7) is 8.31. The lowest BCUT2D eigenvalue weighted by Gasteiger charge is -2.15. The molecule has 0 aliphatic heterocycles. The largest absolute Gasteiger partial charge is 0.490 e. The topological polar surface area (TPSA) is 22.4 Å².